The van der Waals surface area contributed by atoms with Crippen molar-refractivity contribution in [3.8, 4) is 29.3 Å². The number of hydrogen-bond donors (Lipinski definition) is 0. The van der Waals surface area contributed by atoms with Crippen LogP contribution >= 0.6 is 45.3 Å². The van der Waals surface area contributed by atoms with Gasteiger partial charge < -0.3 is 0 Å². The van der Waals surface area contributed by atoms with Crippen molar-refractivity contribution in [3.05, 3.63) is 57.5 Å². The largest absolute Gasteiger partial charge is 0.205 e. The lowest BCUT2D eigenvalue weighted by molar-refractivity contribution is 0.520. The highest BCUT2D eigenvalue weighted by atomic mass is 32.1. The summed E-state index contributed by atoms with van der Waals surface area (Å²) in [7, 11) is 0. The third-order valence-electron chi connectivity index (χ3n) is 6.16. The fourth-order valence-electron chi connectivity index (χ4n) is 4.20. The Morgan fingerprint density at radius 3 is 2.11 bits per heavy atom. The van der Waals surface area contributed by atoms with Gasteiger partial charge in [0.25, 0.3) is 0 Å². The van der Waals surface area contributed by atoms with Crippen LogP contribution in [0.5, 0.6) is 0 Å². The Hall–Kier alpha value is -1.41. The van der Waals surface area contributed by atoms with E-state index in [9.17, 15) is 4.39 Å². The molecule has 0 aliphatic carbocycles. The van der Waals surface area contributed by atoms with Crippen molar-refractivity contribution in [2.75, 3.05) is 0 Å². The van der Waals surface area contributed by atoms with E-state index in [-0.39, 0.29) is 10.7 Å². The molecular weight excluding hydrogens is 522 g/mol. The minimum absolute atomic E-state index is 0.189. The summed E-state index contributed by atoms with van der Waals surface area (Å²) in [6, 6.07) is 5.42. The van der Waals surface area contributed by atoms with Crippen molar-refractivity contribution in [2.24, 2.45) is 0 Å². The number of hydrogen-bond acceptors (Lipinski definition) is 4. The number of aryl methyl sites for hydroxylation is 2. The number of unbranched alkanes of at least 4 members (excludes halogenated alkanes) is 6. The van der Waals surface area contributed by atoms with E-state index in [1.165, 1.54) is 71.3 Å². The van der Waals surface area contributed by atoms with Crippen molar-refractivity contribution in [3.63, 3.8) is 0 Å². The Kier molecular flexibility index (Phi) is 9.67. The van der Waals surface area contributed by atoms with Crippen LogP contribution in [0.1, 0.15) is 76.3 Å². The fraction of sp³-hybridized carbons (Fsp3) is 0.429. The second-order valence-electron chi connectivity index (χ2n) is 8.89. The maximum Gasteiger partial charge on any atom is 0.178 e. The van der Waals surface area contributed by atoms with Crippen LogP contribution in [0.15, 0.2) is 29.0 Å². The van der Waals surface area contributed by atoms with Gasteiger partial charge in [-0.15, -0.1) is 45.3 Å². The van der Waals surface area contributed by atoms with Crippen molar-refractivity contribution < 1.29 is 13.2 Å². The molecule has 0 bridgehead atoms. The quantitative estimate of drug-likeness (QED) is 0.145. The molecule has 0 atom stereocenters. The molecule has 0 aromatic carbocycles. The van der Waals surface area contributed by atoms with Gasteiger partial charge in [0.2, 0.25) is 0 Å². The first kappa shape index (κ1) is 26.6. The lowest BCUT2D eigenvalue weighted by Crippen LogP contribution is -1.87. The van der Waals surface area contributed by atoms with Gasteiger partial charge in [-0.05, 0) is 65.8 Å². The van der Waals surface area contributed by atoms with E-state index in [0.29, 0.717) is 14.6 Å². The summed E-state index contributed by atoms with van der Waals surface area (Å²) >= 11 is 5.28. The molecule has 0 aliphatic heterocycles. The van der Waals surface area contributed by atoms with Gasteiger partial charge in [0.15, 0.2) is 11.6 Å². The molecule has 0 fully saturated rings. The molecule has 0 radical (unpaired) electrons. The molecule has 7 heteroatoms. The van der Waals surface area contributed by atoms with E-state index >= 15 is 8.78 Å². The Balaban J connectivity index is 1.55. The minimum Gasteiger partial charge on any atom is -0.205 e. The molecule has 0 nitrogen and oxygen atoms in total. The van der Waals surface area contributed by atoms with Crippen LogP contribution in [-0.4, -0.2) is 0 Å². The van der Waals surface area contributed by atoms with Gasteiger partial charge in [-0.25, -0.2) is 13.2 Å². The topological polar surface area (TPSA) is 0 Å². The van der Waals surface area contributed by atoms with Gasteiger partial charge in [0, 0.05) is 4.88 Å². The summed E-state index contributed by atoms with van der Waals surface area (Å²) < 4.78 is 45.0. The zero-order chi connectivity index (χ0) is 24.8. The van der Waals surface area contributed by atoms with Gasteiger partial charge >= 0.3 is 0 Å². The maximum atomic E-state index is 15.1. The monoisotopic (exact) mass is 552 g/mol. The highest BCUT2D eigenvalue weighted by molar-refractivity contribution is 7.28. The number of halogens is 3. The second-order valence-corrected chi connectivity index (χ2v) is 12.8. The third-order valence-corrected chi connectivity index (χ3v) is 10.9. The normalized spacial score (nSPS) is 11.6. The first-order valence-corrected chi connectivity index (χ1v) is 15.8. The Bertz CT molecular complexity index is 1230. The lowest BCUT2D eigenvalue weighted by Gasteiger charge is -2.02. The van der Waals surface area contributed by atoms with E-state index < -0.39 is 11.6 Å². The molecule has 0 amide bonds. The van der Waals surface area contributed by atoms with Crippen LogP contribution in [0.25, 0.3) is 29.3 Å². The average Bonchev–Trinajstić information content (AvgIpc) is 3.63. The molecule has 0 unspecified atom stereocenters. The van der Waals surface area contributed by atoms with Crippen molar-refractivity contribution >= 4 is 45.3 Å². The summed E-state index contributed by atoms with van der Waals surface area (Å²) in [6.45, 7) is 4.37. The van der Waals surface area contributed by atoms with Crippen LogP contribution in [-0.2, 0) is 12.8 Å². The van der Waals surface area contributed by atoms with Gasteiger partial charge in [0.05, 0.1) is 24.4 Å². The second kappa shape index (κ2) is 12.7. The predicted molar refractivity (Wildman–Crippen MR) is 150 cm³/mol. The van der Waals surface area contributed by atoms with Gasteiger partial charge in [0.1, 0.15) is 5.82 Å². The SMILES string of the molecule is CCCCCCc1csc(-c2sc(-c3sc(-c4sccc4CCCCCC)c(F)c3F)cc2F)c1. The fourth-order valence-corrected chi connectivity index (χ4v) is 8.59. The predicted octanol–water partition coefficient (Wildman–Crippen LogP) is 11.6. The maximum absolute atomic E-state index is 15.1. The molecule has 0 saturated carbocycles. The van der Waals surface area contributed by atoms with Crippen molar-refractivity contribution in [1.82, 2.24) is 0 Å². The molecule has 4 rings (SSSR count). The van der Waals surface area contributed by atoms with Gasteiger partial charge in [-0.1, -0.05) is 52.4 Å². The smallest absolute Gasteiger partial charge is 0.178 e. The van der Waals surface area contributed by atoms with Crippen LogP contribution < -0.4 is 0 Å². The lowest BCUT2D eigenvalue weighted by atomic mass is 10.1. The summed E-state index contributed by atoms with van der Waals surface area (Å²) in [5, 5.41) is 4.03. The summed E-state index contributed by atoms with van der Waals surface area (Å²) in [5.41, 5.74) is 2.29. The summed E-state index contributed by atoms with van der Waals surface area (Å²) in [6.07, 6.45) is 11.2. The zero-order valence-corrected chi connectivity index (χ0v) is 23.5. The zero-order valence-electron chi connectivity index (χ0n) is 20.2. The molecule has 188 valence electrons. The highest BCUT2D eigenvalue weighted by Gasteiger charge is 2.25. The van der Waals surface area contributed by atoms with E-state index in [1.807, 2.05) is 17.5 Å². The molecule has 0 saturated heterocycles. The Labute approximate surface area is 222 Å². The molecule has 0 aliphatic rings. The molecule has 4 aromatic heterocycles. The van der Waals surface area contributed by atoms with Crippen molar-refractivity contribution in [2.45, 2.75) is 78.1 Å². The molecule has 0 N–H and O–H groups in total. The minimum atomic E-state index is -0.870. The standard InChI is InChI=1S/C28H31F3S4/c1-3-5-7-9-11-18-15-21(33-17-18)26-20(29)16-22(34-26)27-23(30)24(31)28(35-27)25-19(13-14-32-25)12-10-8-6-4-2/h13-17H,3-12H2,1-2H3. The molecular formula is C28H31F3S4. The van der Waals surface area contributed by atoms with Gasteiger partial charge in [-0.2, -0.15) is 0 Å². The third kappa shape index (κ3) is 6.30. The summed E-state index contributed by atoms with van der Waals surface area (Å²) in [4.78, 5) is 3.14. The molecule has 0 spiro atoms. The average molecular weight is 553 g/mol. The summed E-state index contributed by atoms with van der Waals surface area (Å²) in [5.74, 6) is -2.05. The van der Waals surface area contributed by atoms with Crippen LogP contribution in [0, 0.1) is 17.5 Å². The number of rotatable bonds is 13. The van der Waals surface area contributed by atoms with E-state index in [2.05, 4.69) is 19.2 Å². The van der Waals surface area contributed by atoms with Crippen molar-refractivity contribution in [1.29, 1.82) is 0 Å². The molecule has 4 aromatic rings. The van der Waals surface area contributed by atoms with E-state index in [1.54, 1.807) is 0 Å². The van der Waals surface area contributed by atoms with Crippen LogP contribution in [0.4, 0.5) is 13.2 Å². The molecule has 4 heterocycles. The van der Waals surface area contributed by atoms with Crippen LogP contribution in [0.3, 0.4) is 0 Å². The van der Waals surface area contributed by atoms with E-state index in [0.717, 1.165) is 65.2 Å². The first-order chi connectivity index (χ1) is 17.0. The number of thiophene rings is 4. The van der Waals surface area contributed by atoms with Crippen LogP contribution in [0.2, 0.25) is 0 Å². The van der Waals surface area contributed by atoms with Gasteiger partial charge in [-0.3, -0.25) is 0 Å². The first-order valence-electron chi connectivity index (χ1n) is 12.4. The molecule has 35 heavy (non-hydrogen) atoms. The highest BCUT2D eigenvalue weighted by Crippen LogP contribution is 2.47. The Morgan fingerprint density at radius 2 is 1.37 bits per heavy atom. The Morgan fingerprint density at radius 1 is 0.657 bits per heavy atom. The van der Waals surface area contributed by atoms with E-state index in [4.69, 9.17) is 0 Å².